The van der Waals surface area contributed by atoms with Gasteiger partial charge in [0.1, 0.15) is 5.82 Å². The lowest BCUT2D eigenvalue weighted by Crippen LogP contribution is -2.30. The van der Waals surface area contributed by atoms with E-state index in [0.717, 1.165) is 30.6 Å². The van der Waals surface area contributed by atoms with Gasteiger partial charge in [-0.2, -0.15) is 0 Å². The van der Waals surface area contributed by atoms with E-state index in [-0.39, 0.29) is 11.9 Å². The zero-order valence-electron chi connectivity index (χ0n) is 9.87. The summed E-state index contributed by atoms with van der Waals surface area (Å²) in [6, 6.07) is 5.00. The Morgan fingerprint density at radius 3 is 2.88 bits per heavy atom. The molecule has 3 nitrogen and oxygen atoms in total. The van der Waals surface area contributed by atoms with Gasteiger partial charge in [0.2, 0.25) is 0 Å². The minimum atomic E-state index is -0.208. The van der Waals surface area contributed by atoms with Crippen molar-refractivity contribution in [3.05, 3.63) is 47.0 Å². The predicted octanol–water partition coefficient (Wildman–Crippen LogP) is 2.33. The molecule has 0 aliphatic carbocycles. The van der Waals surface area contributed by atoms with Crippen molar-refractivity contribution in [2.24, 2.45) is 5.84 Å². The van der Waals surface area contributed by atoms with Crippen LogP contribution in [0.25, 0.3) is 0 Å². The number of hydrogen-bond acceptors (Lipinski definition) is 3. The van der Waals surface area contributed by atoms with Crippen LogP contribution in [0.4, 0.5) is 4.39 Å². The van der Waals surface area contributed by atoms with Gasteiger partial charge in [-0.3, -0.25) is 5.84 Å². The van der Waals surface area contributed by atoms with Gasteiger partial charge in [0.15, 0.2) is 0 Å². The van der Waals surface area contributed by atoms with Crippen molar-refractivity contribution >= 4 is 0 Å². The molecule has 0 radical (unpaired) electrons. The van der Waals surface area contributed by atoms with Crippen LogP contribution in [-0.4, -0.2) is 6.61 Å². The molecule has 92 valence electrons. The number of hydrogen-bond donors (Lipinski definition) is 2. The van der Waals surface area contributed by atoms with E-state index in [0.29, 0.717) is 5.56 Å². The zero-order valence-corrected chi connectivity index (χ0v) is 9.87. The third-order valence-corrected chi connectivity index (χ3v) is 3.03. The van der Waals surface area contributed by atoms with Gasteiger partial charge in [-0.05, 0) is 42.5 Å². The molecule has 0 amide bonds. The second-order valence-electron chi connectivity index (χ2n) is 4.28. The van der Waals surface area contributed by atoms with Crippen LogP contribution in [0.2, 0.25) is 0 Å². The Bertz CT molecular complexity index is 431. The van der Waals surface area contributed by atoms with Crippen LogP contribution in [-0.2, 0) is 4.74 Å². The van der Waals surface area contributed by atoms with Crippen LogP contribution < -0.4 is 11.3 Å². The van der Waals surface area contributed by atoms with Gasteiger partial charge in [-0.15, -0.1) is 0 Å². The van der Waals surface area contributed by atoms with E-state index in [2.05, 4.69) is 5.43 Å². The molecule has 1 aliphatic heterocycles. The molecule has 1 aromatic carbocycles. The molecule has 0 saturated heterocycles. The average Bonchev–Trinajstić information content (AvgIpc) is 2.36. The molecule has 0 fully saturated rings. The van der Waals surface area contributed by atoms with Crippen LogP contribution in [0.1, 0.15) is 30.0 Å². The Labute approximate surface area is 100 Å². The number of ether oxygens (including phenoxy) is 1. The highest BCUT2D eigenvalue weighted by Gasteiger charge is 2.18. The summed E-state index contributed by atoms with van der Waals surface area (Å²) >= 11 is 0. The fraction of sp³-hybridized carbons (Fsp3) is 0.385. The number of benzene rings is 1. The van der Waals surface area contributed by atoms with Crippen LogP contribution in [0.3, 0.4) is 0 Å². The third kappa shape index (κ3) is 2.65. The van der Waals surface area contributed by atoms with E-state index in [1.54, 1.807) is 19.3 Å². The van der Waals surface area contributed by atoms with E-state index in [1.165, 1.54) is 6.07 Å². The minimum absolute atomic E-state index is 0.176. The minimum Gasteiger partial charge on any atom is -0.501 e. The van der Waals surface area contributed by atoms with Crippen molar-refractivity contribution in [1.29, 1.82) is 0 Å². The molecule has 0 aromatic heterocycles. The highest BCUT2D eigenvalue weighted by molar-refractivity contribution is 5.31. The Morgan fingerprint density at radius 2 is 2.29 bits per heavy atom. The molecular weight excluding hydrogens is 219 g/mol. The van der Waals surface area contributed by atoms with E-state index in [9.17, 15) is 4.39 Å². The van der Waals surface area contributed by atoms with Crippen molar-refractivity contribution in [1.82, 2.24) is 5.43 Å². The molecule has 1 unspecified atom stereocenters. The molecule has 1 heterocycles. The number of nitrogens with two attached hydrogens (primary N) is 1. The van der Waals surface area contributed by atoms with Crippen LogP contribution >= 0.6 is 0 Å². The van der Waals surface area contributed by atoms with Gasteiger partial charge in [-0.25, -0.2) is 9.82 Å². The maximum atomic E-state index is 13.5. The number of hydrazine groups is 1. The summed E-state index contributed by atoms with van der Waals surface area (Å²) in [6.45, 7) is 2.48. The standard InChI is InChI=1S/C13H17FN2O/c1-9-4-5-10(7-12(9)14)13(16-15)11-3-2-6-17-8-11/h4-5,7-8,13,16H,2-3,6,15H2,1H3. The van der Waals surface area contributed by atoms with E-state index < -0.39 is 0 Å². The number of nitrogens with one attached hydrogen (secondary N) is 1. The fourth-order valence-electron chi connectivity index (χ4n) is 2.00. The first kappa shape index (κ1) is 12.1. The highest BCUT2D eigenvalue weighted by Crippen LogP contribution is 2.27. The smallest absolute Gasteiger partial charge is 0.126 e. The van der Waals surface area contributed by atoms with E-state index >= 15 is 0 Å². The SMILES string of the molecule is Cc1ccc(C(NN)C2=COCCC2)cc1F. The molecule has 3 N–H and O–H groups in total. The summed E-state index contributed by atoms with van der Waals surface area (Å²) in [5.74, 6) is 5.35. The first-order valence-electron chi connectivity index (χ1n) is 5.75. The molecule has 2 rings (SSSR count). The van der Waals surface area contributed by atoms with Gasteiger partial charge in [0.05, 0.1) is 18.9 Å². The maximum absolute atomic E-state index is 13.5. The number of rotatable bonds is 3. The van der Waals surface area contributed by atoms with Crippen molar-refractivity contribution in [3.8, 4) is 0 Å². The fourth-order valence-corrected chi connectivity index (χ4v) is 2.00. The molecule has 0 bridgehead atoms. The van der Waals surface area contributed by atoms with Gasteiger partial charge in [0, 0.05) is 0 Å². The Hall–Kier alpha value is -1.39. The topological polar surface area (TPSA) is 47.3 Å². The number of halogens is 1. The molecule has 1 atom stereocenters. The largest absolute Gasteiger partial charge is 0.501 e. The summed E-state index contributed by atoms with van der Waals surface area (Å²) in [6.07, 6.45) is 3.62. The van der Waals surface area contributed by atoms with Crippen molar-refractivity contribution < 1.29 is 9.13 Å². The summed E-state index contributed by atoms with van der Waals surface area (Å²) in [5, 5.41) is 0. The van der Waals surface area contributed by atoms with Crippen LogP contribution in [0.15, 0.2) is 30.0 Å². The predicted molar refractivity (Wildman–Crippen MR) is 64.5 cm³/mol. The first-order valence-corrected chi connectivity index (χ1v) is 5.75. The molecule has 1 aromatic rings. The first-order chi connectivity index (χ1) is 8.22. The summed E-state index contributed by atoms with van der Waals surface area (Å²) < 4.78 is 18.8. The molecule has 0 spiro atoms. The lowest BCUT2D eigenvalue weighted by Gasteiger charge is -2.23. The highest BCUT2D eigenvalue weighted by atomic mass is 19.1. The third-order valence-electron chi connectivity index (χ3n) is 3.03. The van der Waals surface area contributed by atoms with E-state index in [4.69, 9.17) is 10.6 Å². The van der Waals surface area contributed by atoms with E-state index in [1.807, 2.05) is 6.07 Å². The monoisotopic (exact) mass is 236 g/mol. The van der Waals surface area contributed by atoms with Gasteiger partial charge in [-0.1, -0.05) is 12.1 Å². The van der Waals surface area contributed by atoms with Gasteiger partial charge in [0.25, 0.3) is 0 Å². The number of aryl methyl sites for hydroxylation is 1. The zero-order chi connectivity index (χ0) is 12.3. The van der Waals surface area contributed by atoms with Crippen molar-refractivity contribution in [2.75, 3.05) is 6.61 Å². The molecule has 1 aliphatic rings. The summed E-state index contributed by atoms with van der Waals surface area (Å²) in [4.78, 5) is 0. The Balaban J connectivity index is 2.28. The van der Waals surface area contributed by atoms with Gasteiger partial charge < -0.3 is 4.74 Å². The summed E-state index contributed by atoms with van der Waals surface area (Å²) in [5.41, 5.74) is 5.24. The molecular formula is C13H17FN2O. The molecule has 17 heavy (non-hydrogen) atoms. The van der Waals surface area contributed by atoms with Gasteiger partial charge >= 0.3 is 0 Å². The van der Waals surface area contributed by atoms with Crippen molar-refractivity contribution in [2.45, 2.75) is 25.8 Å². The lowest BCUT2D eigenvalue weighted by atomic mass is 9.95. The lowest BCUT2D eigenvalue weighted by molar-refractivity contribution is 0.219. The Morgan fingerprint density at radius 1 is 1.47 bits per heavy atom. The normalized spacial score (nSPS) is 17.2. The van der Waals surface area contributed by atoms with Crippen LogP contribution in [0.5, 0.6) is 0 Å². The average molecular weight is 236 g/mol. The molecule has 0 saturated carbocycles. The second-order valence-corrected chi connectivity index (χ2v) is 4.28. The molecule has 4 heteroatoms. The summed E-state index contributed by atoms with van der Waals surface area (Å²) in [7, 11) is 0. The maximum Gasteiger partial charge on any atom is 0.126 e. The van der Waals surface area contributed by atoms with Crippen molar-refractivity contribution in [3.63, 3.8) is 0 Å². The quantitative estimate of drug-likeness (QED) is 0.625. The Kier molecular flexibility index (Phi) is 3.76. The second kappa shape index (κ2) is 5.29. The van der Waals surface area contributed by atoms with Crippen LogP contribution in [0, 0.1) is 12.7 Å².